The van der Waals surface area contributed by atoms with Crippen molar-refractivity contribution in [2.75, 3.05) is 6.54 Å². The number of aromatic nitrogens is 2. The van der Waals surface area contributed by atoms with Crippen LogP contribution in [0.15, 0.2) is 12.3 Å². The molecule has 0 amide bonds. The lowest BCUT2D eigenvalue weighted by atomic mass is 9.75. The van der Waals surface area contributed by atoms with Crippen LogP contribution in [0.25, 0.3) is 0 Å². The van der Waals surface area contributed by atoms with Crippen molar-refractivity contribution < 1.29 is 0 Å². The van der Waals surface area contributed by atoms with Crippen LogP contribution in [0.3, 0.4) is 0 Å². The zero-order valence-electron chi connectivity index (χ0n) is 13.0. The smallest absolute Gasteiger partial charge is 0.0630 e. The predicted octanol–water partition coefficient (Wildman–Crippen LogP) is 3.01. The van der Waals surface area contributed by atoms with Gasteiger partial charge in [-0.2, -0.15) is 5.10 Å². The molecule has 0 bridgehead atoms. The minimum atomic E-state index is 0.167. The normalized spacial score (nSPS) is 16.0. The second kappa shape index (κ2) is 5.43. The van der Waals surface area contributed by atoms with Gasteiger partial charge in [0.1, 0.15) is 0 Å². The molecule has 0 radical (unpaired) electrons. The maximum absolute atomic E-state index is 4.51. The van der Waals surface area contributed by atoms with Gasteiger partial charge in [-0.3, -0.25) is 4.68 Å². The van der Waals surface area contributed by atoms with E-state index in [1.54, 1.807) is 0 Å². The second-order valence-electron chi connectivity index (χ2n) is 7.07. The number of nitrogens with one attached hydrogen (secondary N) is 1. The molecule has 1 rings (SSSR count). The van der Waals surface area contributed by atoms with E-state index in [9.17, 15) is 0 Å². The summed E-state index contributed by atoms with van der Waals surface area (Å²) in [6.45, 7) is 14.6. The van der Waals surface area contributed by atoms with E-state index in [4.69, 9.17) is 0 Å². The summed E-state index contributed by atoms with van der Waals surface area (Å²) in [6.07, 6.45) is 3.04. The molecule has 3 heteroatoms. The number of aryl methyl sites for hydroxylation is 1. The molecule has 3 nitrogen and oxygen atoms in total. The largest absolute Gasteiger partial charge is 0.312 e. The van der Waals surface area contributed by atoms with Crippen LogP contribution in [0.4, 0.5) is 0 Å². The fraction of sp³-hybridized carbons (Fsp3) is 0.800. The van der Waals surface area contributed by atoms with Crippen molar-refractivity contribution in [2.24, 2.45) is 18.4 Å². The molecule has 0 aliphatic rings. The number of hydrogen-bond acceptors (Lipinski definition) is 2. The summed E-state index contributed by atoms with van der Waals surface area (Å²) in [5.41, 5.74) is 1.59. The highest BCUT2D eigenvalue weighted by Gasteiger charge is 2.30. The van der Waals surface area contributed by atoms with Crippen molar-refractivity contribution >= 4 is 0 Å². The summed E-state index contributed by atoms with van der Waals surface area (Å²) in [5.74, 6) is 0.620. The van der Waals surface area contributed by atoms with E-state index in [1.807, 2.05) is 17.9 Å². The standard InChI is InChI=1S/C15H29N3/c1-12(2)15(6,11-16-14(3,4)5)10-13-8-9-18(7)17-13/h8-9,12,16H,10-11H2,1-7H3. The van der Waals surface area contributed by atoms with Gasteiger partial charge in [-0.15, -0.1) is 0 Å². The van der Waals surface area contributed by atoms with Gasteiger partial charge >= 0.3 is 0 Å². The zero-order valence-corrected chi connectivity index (χ0v) is 13.0. The molecule has 1 aromatic rings. The molecule has 1 heterocycles. The first-order valence-electron chi connectivity index (χ1n) is 6.86. The van der Waals surface area contributed by atoms with Gasteiger partial charge in [0.15, 0.2) is 0 Å². The van der Waals surface area contributed by atoms with E-state index in [0.717, 1.165) is 13.0 Å². The van der Waals surface area contributed by atoms with Crippen LogP contribution in [0.2, 0.25) is 0 Å². The third-order valence-electron chi connectivity index (χ3n) is 3.77. The predicted molar refractivity (Wildman–Crippen MR) is 77.6 cm³/mol. The van der Waals surface area contributed by atoms with Gasteiger partial charge in [0.2, 0.25) is 0 Å². The molecular weight excluding hydrogens is 222 g/mol. The Bertz CT molecular complexity index is 373. The van der Waals surface area contributed by atoms with Crippen LogP contribution in [0.1, 0.15) is 47.2 Å². The first-order valence-corrected chi connectivity index (χ1v) is 6.86. The first-order chi connectivity index (χ1) is 8.12. The Kier molecular flexibility index (Phi) is 4.60. The highest BCUT2D eigenvalue weighted by Crippen LogP contribution is 2.30. The summed E-state index contributed by atoms with van der Waals surface area (Å²) >= 11 is 0. The Morgan fingerprint density at radius 1 is 1.28 bits per heavy atom. The Balaban J connectivity index is 2.74. The lowest BCUT2D eigenvalue weighted by Gasteiger charge is -2.36. The van der Waals surface area contributed by atoms with E-state index >= 15 is 0 Å². The van der Waals surface area contributed by atoms with Crippen LogP contribution < -0.4 is 5.32 Å². The Morgan fingerprint density at radius 2 is 1.89 bits per heavy atom. The number of hydrogen-bond donors (Lipinski definition) is 1. The molecule has 104 valence electrons. The van der Waals surface area contributed by atoms with Gasteiger partial charge in [-0.05, 0) is 44.6 Å². The van der Waals surface area contributed by atoms with E-state index in [-0.39, 0.29) is 11.0 Å². The molecule has 0 aromatic carbocycles. The van der Waals surface area contributed by atoms with Gasteiger partial charge in [0.05, 0.1) is 5.69 Å². The molecule has 1 atom stereocenters. The molecular formula is C15H29N3. The summed E-state index contributed by atoms with van der Waals surface area (Å²) in [6, 6.07) is 2.12. The monoisotopic (exact) mass is 251 g/mol. The first kappa shape index (κ1) is 15.2. The molecule has 1 aromatic heterocycles. The lowest BCUT2D eigenvalue weighted by molar-refractivity contribution is 0.186. The fourth-order valence-electron chi connectivity index (χ4n) is 1.91. The van der Waals surface area contributed by atoms with Crippen LogP contribution in [-0.4, -0.2) is 21.9 Å². The maximum atomic E-state index is 4.51. The maximum Gasteiger partial charge on any atom is 0.0630 e. The fourth-order valence-corrected chi connectivity index (χ4v) is 1.91. The molecule has 0 aliphatic carbocycles. The van der Waals surface area contributed by atoms with E-state index < -0.39 is 0 Å². The van der Waals surface area contributed by atoms with Crippen LogP contribution in [-0.2, 0) is 13.5 Å². The topological polar surface area (TPSA) is 29.9 Å². The third-order valence-corrected chi connectivity index (χ3v) is 3.77. The second-order valence-corrected chi connectivity index (χ2v) is 7.07. The molecule has 0 saturated carbocycles. The van der Waals surface area contributed by atoms with E-state index in [2.05, 4.69) is 58.0 Å². The molecule has 0 saturated heterocycles. The molecule has 1 N–H and O–H groups in total. The van der Waals surface area contributed by atoms with Gasteiger partial charge in [-0.25, -0.2) is 0 Å². The SMILES string of the molecule is CC(C)C(C)(CNC(C)(C)C)Cc1ccn(C)n1. The Hall–Kier alpha value is -0.830. The highest BCUT2D eigenvalue weighted by molar-refractivity contribution is 5.04. The summed E-state index contributed by atoms with van der Waals surface area (Å²) in [7, 11) is 1.98. The lowest BCUT2D eigenvalue weighted by Crippen LogP contribution is -2.45. The number of nitrogens with zero attached hydrogens (tertiary/aromatic N) is 2. The van der Waals surface area contributed by atoms with Gasteiger partial charge in [0, 0.05) is 25.3 Å². The Morgan fingerprint density at radius 3 is 2.28 bits per heavy atom. The molecule has 0 fully saturated rings. The average molecular weight is 251 g/mol. The van der Waals surface area contributed by atoms with Gasteiger partial charge in [0.25, 0.3) is 0 Å². The third kappa shape index (κ3) is 4.45. The zero-order chi connectivity index (χ0) is 14.0. The van der Waals surface area contributed by atoms with Crippen molar-refractivity contribution in [3.63, 3.8) is 0 Å². The van der Waals surface area contributed by atoms with Gasteiger partial charge in [-0.1, -0.05) is 20.8 Å². The summed E-state index contributed by atoms with van der Waals surface area (Å²) in [5, 5.41) is 8.15. The van der Waals surface area contributed by atoms with Crippen LogP contribution in [0.5, 0.6) is 0 Å². The Labute approximate surface area is 112 Å². The van der Waals surface area contributed by atoms with E-state index in [0.29, 0.717) is 5.92 Å². The van der Waals surface area contributed by atoms with Gasteiger partial charge < -0.3 is 5.32 Å². The summed E-state index contributed by atoms with van der Waals surface area (Å²) < 4.78 is 1.88. The minimum Gasteiger partial charge on any atom is -0.312 e. The van der Waals surface area contributed by atoms with E-state index in [1.165, 1.54) is 5.69 Å². The highest BCUT2D eigenvalue weighted by atomic mass is 15.2. The van der Waals surface area contributed by atoms with Crippen molar-refractivity contribution in [1.29, 1.82) is 0 Å². The number of rotatable bonds is 5. The molecule has 0 aliphatic heterocycles. The van der Waals surface area contributed by atoms with Crippen molar-refractivity contribution in [3.05, 3.63) is 18.0 Å². The van der Waals surface area contributed by atoms with Crippen molar-refractivity contribution in [1.82, 2.24) is 15.1 Å². The van der Waals surface area contributed by atoms with Crippen molar-refractivity contribution in [2.45, 2.75) is 53.5 Å². The average Bonchev–Trinajstić information content (AvgIpc) is 2.60. The van der Waals surface area contributed by atoms with Crippen LogP contribution >= 0.6 is 0 Å². The molecule has 0 spiro atoms. The molecule has 18 heavy (non-hydrogen) atoms. The van der Waals surface area contributed by atoms with Crippen molar-refractivity contribution in [3.8, 4) is 0 Å². The quantitative estimate of drug-likeness (QED) is 0.872. The summed E-state index contributed by atoms with van der Waals surface area (Å²) in [4.78, 5) is 0. The molecule has 1 unspecified atom stereocenters. The minimum absolute atomic E-state index is 0.167. The van der Waals surface area contributed by atoms with Crippen LogP contribution in [0, 0.1) is 11.3 Å².